The van der Waals surface area contributed by atoms with E-state index in [4.69, 9.17) is 9.47 Å². The van der Waals surface area contributed by atoms with Crippen molar-refractivity contribution in [3.05, 3.63) is 47.8 Å². The summed E-state index contributed by atoms with van der Waals surface area (Å²) in [4.78, 5) is -0.0439. The van der Waals surface area contributed by atoms with Crippen molar-refractivity contribution in [3.8, 4) is 11.5 Å². The normalized spacial score (nSPS) is 11.1. The summed E-state index contributed by atoms with van der Waals surface area (Å²) in [5.41, 5.74) is 0.697. The largest absolute Gasteiger partial charge is 0.496 e. The minimum Gasteiger partial charge on any atom is -0.496 e. The highest BCUT2D eigenvalue weighted by atomic mass is 32.2. The van der Waals surface area contributed by atoms with Gasteiger partial charge in [0.25, 0.3) is 10.0 Å². The van der Waals surface area contributed by atoms with Crippen LogP contribution in [0.5, 0.6) is 11.5 Å². The molecule has 0 saturated heterocycles. The molecule has 0 aliphatic rings. The van der Waals surface area contributed by atoms with Crippen LogP contribution >= 0.6 is 0 Å². The van der Waals surface area contributed by atoms with Crippen molar-refractivity contribution in [3.63, 3.8) is 0 Å². The van der Waals surface area contributed by atoms with Crippen LogP contribution in [0.1, 0.15) is 5.56 Å². The molecule has 2 rings (SSSR count). The van der Waals surface area contributed by atoms with E-state index in [-0.39, 0.29) is 16.3 Å². The van der Waals surface area contributed by atoms with Gasteiger partial charge in [0.2, 0.25) is 0 Å². The van der Waals surface area contributed by atoms with Crippen molar-refractivity contribution < 1.29 is 22.3 Å². The summed E-state index contributed by atoms with van der Waals surface area (Å²) in [5, 5.41) is 0. The van der Waals surface area contributed by atoms with Gasteiger partial charge in [0, 0.05) is 5.56 Å². The molecule has 0 amide bonds. The van der Waals surface area contributed by atoms with Crippen LogP contribution in [0, 0.1) is 12.7 Å². The fourth-order valence-corrected chi connectivity index (χ4v) is 3.37. The Labute approximate surface area is 128 Å². The molecular formula is C15H16FNO4S. The van der Waals surface area contributed by atoms with E-state index < -0.39 is 15.8 Å². The Kier molecular flexibility index (Phi) is 4.56. The number of sulfonamides is 1. The highest BCUT2D eigenvalue weighted by Crippen LogP contribution is 2.34. The van der Waals surface area contributed by atoms with Crippen molar-refractivity contribution in [2.75, 3.05) is 18.9 Å². The van der Waals surface area contributed by atoms with E-state index in [0.717, 1.165) is 6.07 Å². The Bertz CT molecular complexity index is 790. The molecule has 2 aromatic rings. The van der Waals surface area contributed by atoms with Gasteiger partial charge in [-0.25, -0.2) is 12.8 Å². The van der Waals surface area contributed by atoms with Crippen molar-refractivity contribution in [1.82, 2.24) is 0 Å². The molecule has 1 N–H and O–H groups in total. The SMILES string of the molecule is COc1ccc(S(=O)(=O)Nc2cccc(F)c2)c(OC)c1C. The van der Waals surface area contributed by atoms with Crippen LogP contribution in [0.15, 0.2) is 41.3 Å². The molecule has 0 unspecified atom stereocenters. The monoisotopic (exact) mass is 325 g/mol. The van der Waals surface area contributed by atoms with Crippen LogP contribution in [0.3, 0.4) is 0 Å². The predicted octanol–water partition coefficient (Wildman–Crippen LogP) is 2.95. The Balaban J connectivity index is 2.48. The van der Waals surface area contributed by atoms with Gasteiger partial charge in [0.1, 0.15) is 22.2 Å². The molecular weight excluding hydrogens is 309 g/mol. The van der Waals surface area contributed by atoms with Gasteiger partial charge in [0.15, 0.2) is 0 Å². The third-order valence-corrected chi connectivity index (χ3v) is 4.52. The molecule has 0 fully saturated rings. The quantitative estimate of drug-likeness (QED) is 0.918. The third kappa shape index (κ3) is 3.14. The van der Waals surface area contributed by atoms with Crippen LogP contribution in [-0.4, -0.2) is 22.6 Å². The Morgan fingerprint density at radius 1 is 1.09 bits per heavy atom. The summed E-state index contributed by atoms with van der Waals surface area (Å²) < 4.78 is 50.8. The van der Waals surface area contributed by atoms with Gasteiger partial charge in [-0.3, -0.25) is 4.72 Å². The number of hydrogen-bond acceptors (Lipinski definition) is 4. The minimum absolute atomic E-state index is 0.0439. The molecule has 22 heavy (non-hydrogen) atoms. The number of nitrogens with one attached hydrogen (secondary N) is 1. The van der Waals surface area contributed by atoms with Crippen LogP contribution < -0.4 is 14.2 Å². The summed E-state index contributed by atoms with van der Waals surface area (Å²) in [7, 11) is -1.05. The van der Waals surface area contributed by atoms with Gasteiger partial charge < -0.3 is 9.47 Å². The number of ether oxygens (including phenoxy) is 2. The van der Waals surface area contributed by atoms with E-state index in [1.807, 2.05) is 0 Å². The number of rotatable bonds is 5. The van der Waals surface area contributed by atoms with Gasteiger partial charge >= 0.3 is 0 Å². The fraction of sp³-hybridized carbons (Fsp3) is 0.200. The van der Waals surface area contributed by atoms with Crippen LogP contribution in [-0.2, 0) is 10.0 Å². The maximum absolute atomic E-state index is 13.2. The topological polar surface area (TPSA) is 64.6 Å². The molecule has 0 bridgehead atoms. The maximum Gasteiger partial charge on any atom is 0.265 e. The Hall–Kier alpha value is -2.28. The first-order valence-corrected chi connectivity index (χ1v) is 7.87. The van der Waals surface area contributed by atoms with Crippen molar-refractivity contribution in [2.24, 2.45) is 0 Å². The molecule has 2 aromatic carbocycles. The lowest BCUT2D eigenvalue weighted by Gasteiger charge is -2.15. The summed E-state index contributed by atoms with van der Waals surface area (Å²) in [5.74, 6) is 0.169. The molecule has 118 valence electrons. The Morgan fingerprint density at radius 2 is 1.82 bits per heavy atom. The van der Waals surface area contributed by atoms with Gasteiger partial charge in [-0.2, -0.15) is 0 Å². The van der Waals surface area contributed by atoms with Gasteiger partial charge in [-0.05, 0) is 37.3 Å². The average Bonchev–Trinajstić information content (AvgIpc) is 2.46. The van der Waals surface area contributed by atoms with E-state index in [9.17, 15) is 12.8 Å². The lowest BCUT2D eigenvalue weighted by Crippen LogP contribution is -2.15. The zero-order valence-corrected chi connectivity index (χ0v) is 13.2. The second-order valence-corrected chi connectivity index (χ2v) is 6.19. The number of halogens is 1. The van der Waals surface area contributed by atoms with E-state index in [2.05, 4.69) is 4.72 Å². The standard InChI is InChI=1S/C15H16FNO4S/c1-10-13(20-2)7-8-14(15(10)21-3)22(18,19)17-12-6-4-5-11(16)9-12/h4-9,17H,1-3H3. The van der Waals surface area contributed by atoms with Crippen molar-refractivity contribution in [2.45, 2.75) is 11.8 Å². The highest BCUT2D eigenvalue weighted by molar-refractivity contribution is 7.92. The molecule has 0 aliphatic carbocycles. The zero-order valence-electron chi connectivity index (χ0n) is 12.4. The molecule has 0 aliphatic heterocycles. The van der Waals surface area contributed by atoms with Crippen LogP contribution in [0.25, 0.3) is 0 Å². The molecule has 0 spiro atoms. The lowest BCUT2D eigenvalue weighted by molar-refractivity contribution is 0.380. The van der Waals surface area contributed by atoms with Gasteiger partial charge in [-0.15, -0.1) is 0 Å². The molecule has 7 heteroatoms. The zero-order chi connectivity index (χ0) is 16.3. The summed E-state index contributed by atoms with van der Waals surface area (Å²) in [6, 6.07) is 8.13. The lowest BCUT2D eigenvalue weighted by atomic mass is 10.2. The maximum atomic E-state index is 13.2. The second-order valence-electron chi connectivity index (χ2n) is 4.54. The molecule has 5 nitrogen and oxygen atoms in total. The molecule has 0 atom stereocenters. The average molecular weight is 325 g/mol. The first kappa shape index (κ1) is 16.1. The highest BCUT2D eigenvalue weighted by Gasteiger charge is 2.23. The van der Waals surface area contributed by atoms with Crippen molar-refractivity contribution in [1.29, 1.82) is 0 Å². The number of anilines is 1. The Morgan fingerprint density at radius 3 is 2.41 bits per heavy atom. The summed E-state index contributed by atoms with van der Waals surface area (Å²) in [6.07, 6.45) is 0. The number of methoxy groups -OCH3 is 2. The molecule has 0 saturated carbocycles. The summed E-state index contributed by atoms with van der Waals surface area (Å²) in [6.45, 7) is 1.69. The number of benzene rings is 2. The predicted molar refractivity (Wildman–Crippen MR) is 81.5 cm³/mol. The molecule has 0 aromatic heterocycles. The van der Waals surface area contributed by atoms with Gasteiger partial charge in [-0.1, -0.05) is 6.07 Å². The molecule has 0 heterocycles. The third-order valence-electron chi connectivity index (χ3n) is 3.11. The van der Waals surface area contributed by atoms with Crippen molar-refractivity contribution >= 4 is 15.7 Å². The van der Waals surface area contributed by atoms with E-state index >= 15 is 0 Å². The fourth-order valence-electron chi connectivity index (χ4n) is 2.10. The second kappa shape index (κ2) is 6.23. The van der Waals surface area contributed by atoms with E-state index in [0.29, 0.717) is 11.3 Å². The van der Waals surface area contributed by atoms with Crippen LogP contribution in [0.4, 0.5) is 10.1 Å². The first-order valence-electron chi connectivity index (χ1n) is 6.39. The van der Waals surface area contributed by atoms with E-state index in [1.54, 1.807) is 6.92 Å². The summed E-state index contributed by atoms with van der Waals surface area (Å²) >= 11 is 0. The smallest absolute Gasteiger partial charge is 0.265 e. The van der Waals surface area contributed by atoms with Gasteiger partial charge in [0.05, 0.1) is 19.9 Å². The van der Waals surface area contributed by atoms with E-state index in [1.165, 1.54) is 44.6 Å². The first-order chi connectivity index (χ1) is 10.4. The molecule has 0 radical (unpaired) electrons. The van der Waals surface area contributed by atoms with Crippen LogP contribution in [0.2, 0.25) is 0 Å². The number of hydrogen-bond donors (Lipinski definition) is 1. The minimum atomic E-state index is -3.92.